The summed E-state index contributed by atoms with van der Waals surface area (Å²) in [7, 11) is 0. The number of anilines is 1. The Balaban J connectivity index is 1.27. The summed E-state index contributed by atoms with van der Waals surface area (Å²) in [5, 5.41) is 2.24. The van der Waals surface area contributed by atoms with E-state index in [2.05, 4.69) is 35.4 Å². The number of rotatable bonds is 4. The molecule has 0 spiro atoms. The van der Waals surface area contributed by atoms with Crippen molar-refractivity contribution in [3.8, 4) is 5.75 Å². The number of fused-ring (bicyclic) bond motifs is 3. The molecule has 3 aromatic heterocycles. The van der Waals surface area contributed by atoms with Crippen molar-refractivity contribution in [2.75, 3.05) is 12.3 Å². The molecule has 4 atom stereocenters. The number of benzene rings is 1. The van der Waals surface area contributed by atoms with Gasteiger partial charge in [-0.25, -0.2) is 15.0 Å². The maximum Gasteiger partial charge on any atom is 0.163 e. The van der Waals surface area contributed by atoms with E-state index in [0.717, 1.165) is 32.2 Å². The third kappa shape index (κ3) is 3.81. The molecule has 2 aliphatic rings. The van der Waals surface area contributed by atoms with Crippen LogP contribution in [0.3, 0.4) is 0 Å². The van der Waals surface area contributed by atoms with E-state index in [4.69, 9.17) is 31.5 Å². The monoisotopic (exact) mass is 561 g/mol. The van der Waals surface area contributed by atoms with Crippen LogP contribution in [0.5, 0.6) is 5.75 Å². The summed E-state index contributed by atoms with van der Waals surface area (Å²) in [6.07, 6.45) is 3.17. The van der Waals surface area contributed by atoms with Crippen molar-refractivity contribution in [1.29, 1.82) is 0 Å². The number of nitrogens with zero attached hydrogens (tertiary/aromatic N) is 4. The minimum Gasteiger partial charge on any atom is -0.492 e. The van der Waals surface area contributed by atoms with Crippen molar-refractivity contribution >= 4 is 67.0 Å². The molecule has 0 bridgehead atoms. The van der Waals surface area contributed by atoms with E-state index < -0.39 is 5.79 Å². The molecule has 4 aromatic rings. The second kappa shape index (κ2) is 8.23. The zero-order valence-corrected chi connectivity index (χ0v) is 21.5. The first-order chi connectivity index (χ1) is 16.3. The zero-order valence-electron chi connectivity index (χ0n) is 18.3. The Hall–Kier alpha value is -2.11. The van der Waals surface area contributed by atoms with Gasteiger partial charge in [0, 0.05) is 17.6 Å². The number of pyridine rings is 1. The number of nitrogens with two attached hydrogens (primary N) is 1. The lowest BCUT2D eigenvalue weighted by molar-refractivity contribution is -0.149. The quantitative estimate of drug-likeness (QED) is 0.340. The van der Waals surface area contributed by atoms with E-state index >= 15 is 0 Å². The van der Waals surface area contributed by atoms with Gasteiger partial charge < -0.3 is 24.5 Å². The first kappa shape index (κ1) is 22.4. The van der Waals surface area contributed by atoms with Gasteiger partial charge in [-0.15, -0.1) is 11.8 Å². The number of thioether (sulfide) groups is 1. The molecule has 11 heteroatoms. The number of aromatic nitrogens is 4. The summed E-state index contributed by atoms with van der Waals surface area (Å²) in [6.45, 7) is 4.33. The van der Waals surface area contributed by atoms with E-state index in [1.54, 1.807) is 11.8 Å². The van der Waals surface area contributed by atoms with Crippen LogP contribution in [0.4, 0.5) is 5.82 Å². The smallest absolute Gasteiger partial charge is 0.163 e. The molecule has 34 heavy (non-hydrogen) atoms. The van der Waals surface area contributed by atoms with E-state index in [0.29, 0.717) is 17.6 Å². The highest BCUT2D eigenvalue weighted by Crippen LogP contribution is 2.51. The molecule has 2 aliphatic heterocycles. The van der Waals surface area contributed by atoms with Crippen LogP contribution in [0.1, 0.15) is 19.2 Å². The van der Waals surface area contributed by atoms with Crippen molar-refractivity contribution in [3.05, 3.63) is 52.5 Å². The molecule has 0 radical (unpaired) electrons. The van der Waals surface area contributed by atoms with Gasteiger partial charge >= 0.3 is 0 Å². The first-order valence-corrected chi connectivity index (χ1v) is 12.9. The SMILES string of the molecule is CC1(C)O[C@@H]2[C@H](O1)[C@@H](COc1ccc3cc(Br)c(N)nc3c1)S[C@H]2n1ccc2c(Cl)ncnc21. The van der Waals surface area contributed by atoms with Gasteiger partial charge in [0.05, 0.1) is 20.6 Å². The van der Waals surface area contributed by atoms with Crippen molar-refractivity contribution in [1.82, 2.24) is 19.5 Å². The Labute approximate surface area is 213 Å². The highest BCUT2D eigenvalue weighted by molar-refractivity contribution is 9.10. The molecule has 176 valence electrons. The summed E-state index contributed by atoms with van der Waals surface area (Å²) < 4.78 is 21.7. The summed E-state index contributed by atoms with van der Waals surface area (Å²) >= 11 is 11.5. The second-order valence-corrected chi connectivity index (χ2v) is 11.3. The fourth-order valence-corrected chi connectivity index (χ4v) is 6.63. The Morgan fingerprint density at radius 3 is 2.88 bits per heavy atom. The second-order valence-electron chi connectivity index (χ2n) is 8.78. The topological polar surface area (TPSA) is 97.3 Å². The molecular formula is C23H21BrClN5O3S. The van der Waals surface area contributed by atoms with E-state index in [9.17, 15) is 0 Å². The fraction of sp³-hybridized carbons (Fsp3) is 0.348. The fourth-order valence-electron chi connectivity index (χ4n) is 4.57. The Morgan fingerprint density at radius 1 is 1.21 bits per heavy atom. The zero-order chi connectivity index (χ0) is 23.6. The van der Waals surface area contributed by atoms with Crippen molar-refractivity contribution < 1.29 is 14.2 Å². The molecule has 6 rings (SSSR count). The third-order valence-corrected chi connectivity index (χ3v) is 8.51. The minimum absolute atomic E-state index is 0.0424. The van der Waals surface area contributed by atoms with Crippen LogP contribution in [0, 0.1) is 0 Å². The van der Waals surface area contributed by atoms with Gasteiger partial charge in [-0.1, -0.05) is 11.6 Å². The molecule has 0 aliphatic carbocycles. The Bertz CT molecular complexity index is 1420. The van der Waals surface area contributed by atoms with Crippen LogP contribution in [0.2, 0.25) is 5.15 Å². The molecular weight excluding hydrogens is 542 g/mol. The van der Waals surface area contributed by atoms with Crippen LogP contribution in [-0.4, -0.2) is 49.4 Å². The summed E-state index contributed by atoms with van der Waals surface area (Å²) in [4.78, 5) is 13.0. The van der Waals surface area contributed by atoms with Gasteiger partial charge in [-0.2, -0.15) is 0 Å². The number of hydrogen-bond acceptors (Lipinski definition) is 8. The predicted molar refractivity (Wildman–Crippen MR) is 136 cm³/mol. The molecule has 1 aromatic carbocycles. The van der Waals surface area contributed by atoms with E-state index in [-0.39, 0.29) is 22.8 Å². The van der Waals surface area contributed by atoms with Crippen LogP contribution < -0.4 is 10.5 Å². The van der Waals surface area contributed by atoms with Gasteiger partial charge in [0.15, 0.2) is 5.79 Å². The summed E-state index contributed by atoms with van der Waals surface area (Å²) in [5.41, 5.74) is 7.51. The molecule has 2 N–H and O–H groups in total. The number of nitrogen functional groups attached to an aromatic ring is 1. The third-order valence-electron chi connectivity index (χ3n) is 6.04. The standard InChI is InChI=1S/C23H21BrClN5O3S/c1-23(2)32-17-16(9-31-12-4-3-11-7-14(24)20(26)29-15(11)8-12)34-22(18(17)33-23)30-6-5-13-19(25)27-10-28-21(13)30/h3-8,10,16-18,22H,9H2,1-2H3,(H2,26,29)/t16-,17-,18-,22-/m1/s1. The van der Waals surface area contributed by atoms with Gasteiger partial charge in [0.1, 0.15) is 52.9 Å². The average Bonchev–Trinajstić information content (AvgIpc) is 3.45. The lowest BCUT2D eigenvalue weighted by atomic mass is 10.1. The van der Waals surface area contributed by atoms with E-state index in [1.807, 2.05) is 50.4 Å². The minimum atomic E-state index is -0.680. The van der Waals surface area contributed by atoms with Gasteiger partial charge in [0.25, 0.3) is 0 Å². The average molecular weight is 563 g/mol. The van der Waals surface area contributed by atoms with Gasteiger partial charge in [0.2, 0.25) is 0 Å². The van der Waals surface area contributed by atoms with Crippen molar-refractivity contribution in [2.45, 2.75) is 42.5 Å². The normalized spacial score (nSPS) is 25.8. The molecule has 8 nitrogen and oxygen atoms in total. The van der Waals surface area contributed by atoms with Crippen LogP contribution in [0.15, 0.2) is 47.3 Å². The van der Waals surface area contributed by atoms with Gasteiger partial charge in [-0.05, 0) is 54.0 Å². The Morgan fingerprint density at radius 2 is 2.03 bits per heavy atom. The summed E-state index contributed by atoms with van der Waals surface area (Å²) in [6, 6.07) is 9.70. The van der Waals surface area contributed by atoms with Crippen LogP contribution in [0.25, 0.3) is 21.9 Å². The maximum absolute atomic E-state index is 6.33. The lowest BCUT2D eigenvalue weighted by Gasteiger charge is -2.24. The molecule has 0 unspecified atom stereocenters. The molecule has 2 saturated heterocycles. The summed E-state index contributed by atoms with van der Waals surface area (Å²) in [5.74, 6) is 0.495. The molecule has 2 fully saturated rings. The molecule has 0 saturated carbocycles. The van der Waals surface area contributed by atoms with Gasteiger partial charge in [-0.3, -0.25) is 0 Å². The van der Waals surface area contributed by atoms with Crippen LogP contribution in [-0.2, 0) is 9.47 Å². The predicted octanol–water partition coefficient (Wildman–Crippen LogP) is 5.19. The molecule has 5 heterocycles. The van der Waals surface area contributed by atoms with Crippen molar-refractivity contribution in [2.24, 2.45) is 0 Å². The number of ether oxygens (including phenoxy) is 3. The van der Waals surface area contributed by atoms with E-state index in [1.165, 1.54) is 6.33 Å². The Kier molecular flexibility index (Phi) is 5.42. The molecule has 0 amide bonds. The lowest BCUT2D eigenvalue weighted by Crippen LogP contribution is -2.32. The number of hydrogen-bond donors (Lipinski definition) is 1. The highest BCUT2D eigenvalue weighted by Gasteiger charge is 2.55. The largest absolute Gasteiger partial charge is 0.492 e. The van der Waals surface area contributed by atoms with Crippen LogP contribution >= 0.6 is 39.3 Å². The number of halogens is 2. The highest BCUT2D eigenvalue weighted by atomic mass is 79.9. The van der Waals surface area contributed by atoms with Crippen molar-refractivity contribution in [3.63, 3.8) is 0 Å². The maximum atomic E-state index is 6.33. The first-order valence-electron chi connectivity index (χ1n) is 10.8.